The Bertz CT molecular complexity index is 1310. The minimum atomic E-state index is -0.333. The van der Waals surface area contributed by atoms with Gasteiger partial charge in [0.25, 0.3) is 5.91 Å². The highest BCUT2D eigenvalue weighted by atomic mass is 35.5. The average Bonchev–Trinajstić information content (AvgIpc) is 3.44. The summed E-state index contributed by atoms with van der Waals surface area (Å²) in [4.78, 5) is 39.1. The molecule has 2 fully saturated rings. The van der Waals surface area contributed by atoms with Crippen molar-refractivity contribution in [3.63, 3.8) is 0 Å². The molecular weight excluding hydrogens is 486 g/mol. The van der Waals surface area contributed by atoms with Crippen LogP contribution in [0.1, 0.15) is 45.3 Å². The Morgan fingerprint density at radius 1 is 0.973 bits per heavy atom. The van der Waals surface area contributed by atoms with E-state index in [0.717, 1.165) is 29.8 Å². The number of aryl methyl sites for hydroxylation is 3. The molecule has 3 heterocycles. The summed E-state index contributed by atoms with van der Waals surface area (Å²) in [6.45, 7) is 8.69. The van der Waals surface area contributed by atoms with Crippen molar-refractivity contribution in [1.82, 2.24) is 19.8 Å². The third-order valence-corrected chi connectivity index (χ3v) is 8.14. The predicted octanol–water partition coefficient (Wildman–Crippen LogP) is 4.34. The Balaban J connectivity index is 1.30. The molecule has 8 heteroatoms. The van der Waals surface area contributed by atoms with E-state index in [9.17, 15) is 9.59 Å². The highest BCUT2D eigenvalue weighted by molar-refractivity contribution is 6.31. The van der Waals surface area contributed by atoms with Gasteiger partial charge in [-0.2, -0.15) is 0 Å². The largest absolute Gasteiger partial charge is 0.370 e. The molecule has 2 N–H and O–H groups in total. The number of carbonyl (C=O) groups is 2. The van der Waals surface area contributed by atoms with Crippen molar-refractivity contribution in [2.24, 2.45) is 17.6 Å². The Labute approximate surface area is 222 Å². The first-order valence-corrected chi connectivity index (χ1v) is 13.1. The molecule has 2 amide bonds. The standard InChI is InChI=1S/C29H32ClN5O2/c1-17-9-10-21(11-24(17)30)25(12-26(31)36)34-13-22-15-35(16-23(22)14-34)29(37)27-18(2)32-28(33-19(27)3)20-7-5-4-6-8-20/h4-11,22-23,25H,12-16H2,1-3H3,(H2,31,36). The molecular formula is C29H32ClN5O2. The van der Waals surface area contributed by atoms with Crippen LogP contribution in [0.25, 0.3) is 11.4 Å². The molecule has 0 aliphatic carbocycles. The van der Waals surface area contributed by atoms with Gasteiger partial charge in [-0.1, -0.05) is 54.1 Å². The fraction of sp³-hybridized carbons (Fsp3) is 0.379. The molecule has 2 saturated heterocycles. The molecule has 0 spiro atoms. The SMILES string of the molecule is Cc1ccc(C(CC(N)=O)N2CC3CN(C(=O)c4c(C)nc(-c5ccccc5)nc4C)CC3C2)cc1Cl. The predicted molar refractivity (Wildman–Crippen MR) is 144 cm³/mol. The number of likely N-dealkylation sites (tertiary alicyclic amines) is 2. The van der Waals surface area contributed by atoms with Crippen molar-refractivity contribution in [2.75, 3.05) is 26.2 Å². The lowest BCUT2D eigenvalue weighted by Gasteiger charge is -2.29. The summed E-state index contributed by atoms with van der Waals surface area (Å²) < 4.78 is 0. The van der Waals surface area contributed by atoms with E-state index in [0.29, 0.717) is 52.7 Å². The number of halogens is 1. The number of nitrogens with two attached hydrogens (primary N) is 1. The van der Waals surface area contributed by atoms with Crippen LogP contribution in [0.4, 0.5) is 0 Å². The van der Waals surface area contributed by atoms with Crippen LogP contribution in [0.2, 0.25) is 5.02 Å². The molecule has 7 nitrogen and oxygen atoms in total. The second-order valence-corrected chi connectivity index (χ2v) is 10.7. The Morgan fingerprint density at radius 3 is 2.16 bits per heavy atom. The lowest BCUT2D eigenvalue weighted by molar-refractivity contribution is -0.119. The number of benzene rings is 2. The van der Waals surface area contributed by atoms with Crippen LogP contribution in [0.15, 0.2) is 48.5 Å². The molecule has 0 saturated carbocycles. The zero-order valence-electron chi connectivity index (χ0n) is 21.4. The van der Waals surface area contributed by atoms with Gasteiger partial charge in [0.1, 0.15) is 0 Å². The van der Waals surface area contributed by atoms with E-state index in [1.165, 1.54) is 0 Å². The normalized spacial score (nSPS) is 20.2. The van der Waals surface area contributed by atoms with Gasteiger partial charge in [0.05, 0.1) is 17.0 Å². The summed E-state index contributed by atoms with van der Waals surface area (Å²) in [6, 6.07) is 15.7. The Kier molecular flexibility index (Phi) is 7.01. The van der Waals surface area contributed by atoms with Gasteiger partial charge in [-0.15, -0.1) is 0 Å². The first-order valence-electron chi connectivity index (χ1n) is 12.7. The summed E-state index contributed by atoms with van der Waals surface area (Å²) in [6.07, 6.45) is 0.241. The van der Waals surface area contributed by atoms with Crippen molar-refractivity contribution in [2.45, 2.75) is 33.2 Å². The summed E-state index contributed by atoms with van der Waals surface area (Å²) in [7, 11) is 0. The molecule has 0 bridgehead atoms. The third-order valence-electron chi connectivity index (χ3n) is 7.73. The molecule has 37 heavy (non-hydrogen) atoms. The van der Waals surface area contributed by atoms with Crippen LogP contribution in [0, 0.1) is 32.6 Å². The number of rotatable bonds is 6. The zero-order valence-corrected chi connectivity index (χ0v) is 22.2. The van der Waals surface area contributed by atoms with Crippen LogP contribution in [-0.4, -0.2) is 57.8 Å². The molecule has 192 valence electrons. The van der Waals surface area contributed by atoms with Gasteiger partial charge in [-0.3, -0.25) is 14.5 Å². The summed E-state index contributed by atoms with van der Waals surface area (Å²) in [5, 5.41) is 0.689. The van der Waals surface area contributed by atoms with Gasteiger partial charge in [-0.05, 0) is 49.8 Å². The quantitative estimate of drug-likeness (QED) is 0.525. The molecule has 2 aliphatic heterocycles. The summed E-state index contributed by atoms with van der Waals surface area (Å²) in [5.74, 6) is 0.976. The number of aromatic nitrogens is 2. The fourth-order valence-electron chi connectivity index (χ4n) is 5.81. The number of primary amides is 1. The van der Waals surface area contributed by atoms with Gasteiger partial charge < -0.3 is 10.6 Å². The van der Waals surface area contributed by atoms with E-state index in [2.05, 4.69) is 14.9 Å². The average molecular weight is 518 g/mol. The highest BCUT2D eigenvalue weighted by Gasteiger charge is 2.44. The maximum atomic E-state index is 13.6. The van der Waals surface area contributed by atoms with E-state index in [-0.39, 0.29) is 24.3 Å². The van der Waals surface area contributed by atoms with Crippen molar-refractivity contribution in [1.29, 1.82) is 0 Å². The molecule has 0 radical (unpaired) electrons. The highest BCUT2D eigenvalue weighted by Crippen LogP contribution is 2.38. The Hall–Kier alpha value is -3.29. The second kappa shape index (κ2) is 10.2. The summed E-state index contributed by atoms with van der Waals surface area (Å²) >= 11 is 6.39. The molecule has 3 aromatic rings. The maximum Gasteiger partial charge on any atom is 0.257 e. The van der Waals surface area contributed by atoms with Gasteiger partial charge in [-0.25, -0.2) is 9.97 Å². The van der Waals surface area contributed by atoms with E-state index in [4.69, 9.17) is 17.3 Å². The van der Waals surface area contributed by atoms with E-state index >= 15 is 0 Å². The first-order chi connectivity index (χ1) is 17.7. The van der Waals surface area contributed by atoms with Gasteiger partial charge >= 0.3 is 0 Å². The second-order valence-electron chi connectivity index (χ2n) is 10.3. The molecule has 2 aromatic carbocycles. The number of amides is 2. The number of nitrogens with zero attached hydrogens (tertiary/aromatic N) is 4. The fourth-order valence-corrected chi connectivity index (χ4v) is 6.00. The van der Waals surface area contributed by atoms with Gasteiger partial charge in [0.15, 0.2) is 5.82 Å². The van der Waals surface area contributed by atoms with E-state index < -0.39 is 0 Å². The molecule has 2 aliphatic rings. The van der Waals surface area contributed by atoms with Crippen molar-refractivity contribution in [3.8, 4) is 11.4 Å². The topological polar surface area (TPSA) is 92.4 Å². The minimum Gasteiger partial charge on any atom is -0.370 e. The lowest BCUT2D eigenvalue weighted by Crippen LogP contribution is -2.36. The minimum absolute atomic E-state index is 0.00503. The van der Waals surface area contributed by atoms with Crippen LogP contribution < -0.4 is 5.73 Å². The van der Waals surface area contributed by atoms with Crippen LogP contribution in [0.3, 0.4) is 0 Å². The monoisotopic (exact) mass is 517 g/mol. The van der Waals surface area contributed by atoms with Crippen molar-refractivity contribution >= 4 is 23.4 Å². The van der Waals surface area contributed by atoms with Gasteiger partial charge in [0, 0.05) is 49.2 Å². The van der Waals surface area contributed by atoms with Crippen LogP contribution >= 0.6 is 11.6 Å². The molecule has 3 unspecified atom stereocenters. The smallest absolute Gasteiger partial charge is 0.257 e. The Morgan fingerprint density at radius 2 is 1.59 bits per heavy atom. The summed E-state index contributed by atoms with van der Waals surface area (Å²) in [5.41, 5.74) is 10.6. The van der Waals surface area contributed by atoms with Crippen LogP contribution in [-0.2, 0) is 4.79 Å². The van der Waals surface area contributed by atoms with E-state index in [1.54, 1.807) is 0 Å². The zero-order chi connectivity index (χ0) is 26.3. The molecule has 5 rings (SSSR count). The maximum absolute atomic E-state index is 13.6. The first kappa shape index (κ1) is 25.4. The van der Waals surface area contributed by atoms with Gasteiger partial charge in [0.2, 0.25) is 5.91 Å². The molecule has 1 aromatic heterocycles. The number of hydrogen-bond acceptors (Lipinski definition) is 5. The lowest BCUT2D eigenvalue weighted by atomic mass is 10.0. The number of carbonyl (C=O) groups excluding carboxylic acids is 2. The van der Waals surface area contributed by atoms with Crippen molar-refractivity contribution in [3.05, 3.63) is 81.6 Å². The number of fused-ring (bicyclic) bond motifs is 1. The van der Waals surface area contributed by atoms with E-state index in [1.807, 2.05) is 74.2 Å². The number of hydrogen-bond donors (Lipinski definition) is 1. The third kappa shape index (κ3) is 5.11. The van der Waals surface area contributed by atoms with Crippen LogP contribution in [0.5, 0.6) is 0 Å². The van der Waals surface area contributed by atoms with Crippen molar-refractivity contribution < 1.29 is 9.59 Å². The molecule has 3 atom stereocenters.